The van der Waals surface area contributed by atoms with E-state index in [1.165, 1.54) is 32.4 Å². The number of rotatable bonds is 3. The van der Waals surface area contributed by atoms with Crippen LogP contribution < -0.4 is 4.90 Å². The van der Waals surface area contributed by atoms with Crippen molar-refractivity contribution in [3.8, 4) is 0 Å². The quantitative estimate of drug-likeness (QED) is 0.615. The van der Waals surface area contributed by atoms with Gasteiger partial charge in [0.15, 0.2) is 5.16 Å². The van der Waals surface area contributed by atoms with Gasteiger partial charge in [0, 0.05) is 38.4 Å². The molecule has 0 aromatic carbocycles. The molecule has 1 aliphatic heterocycles. The molecule has 1 saturated heterocycles. The zero-order valence-corrected chi connectivity index (χ0v) is 11.7. The lowest BCUT2D eigenvalue weighted by Gasteiger charge is -2.43. The predicted molar refractivity (Wildman–Crippen MR) is 75.2 cm³/mol. The average Bonchev–Trinajstić information content (AvgIpc) is 2.38. The van der Waals surface area contributed by atoms with E-state index in [0.29, 0.717) is 0 Å². The van der Waals surface area contributed by atoms with Crippen LogP contribution in [0.3, 0.4) is 0 Å². The van der Waals surface area contributed by atoms with E-state index in [0.717, 1.165) is 30.1 Å². The van der Waals surface area contributed by atoms with Gasteiger partial charge in [-0.05, 0) is 25.2 Å². The smallest absolute Gasteiger partial charge is 0.189 e. The fraction of sp³-hybridized carbons (Fsp3) is 0.692. The fourth-order valence-electron chi connectivity index (χ4n) is 2.67. The van der Waals surface area contributed by atoms with E-state index in [1.54, 1.807) is 11.8 Å². The molecular weight excluding hydrogens is 244 g/mol. The average molecular weight is 264 g/mol. The number of hydrogen-bond acceptors (Lipinski definition) is 5. The number of piperazine rings is 1. The second-order valence-electron chi connectivity index (χ2n) is 5.01. The summed E-state index contributed by atoms with van der Waals surface area (Å²) in [5.74, 6) is 1.09. The first-order valence-electron chi connectivity index (χ1n) is 6.73. The Morgan fingerprint density at radius 2 is 2.00 bits per heavy atom. The summed E-state index contributed by atoms with van der Waals surface area (Å²) in [6, 6.07) is 2.90. The molecule has 4 nitrogen and oxygen atoms in total. The van der Waals surface area contributed by atoms with Gasteiger partial charge < -0.3 is 4.90 Å². The first kappa shape index (κ1) is 12.2. The number of aromatic nitrogens is 2. The highest BCUT2D eigenvalue weighted by molar-refractivity contribution is 7.98. The van der Waals surface area contributed by atoms with Crippen molar-refractivity contribution < 1.29 is 0 Å². The Kier molecular flexibility index (Phi) is 3.70. The molecule has 0 N–H and O–H groups in total. The van der Waals surface area contributed by atoms with Crippen LogP contribution in [-0.2, 0) is 0 Å². The van der Waals surface area contributed by atoms with Gasteiger partial charge in [0.1, 0.15) is 5.82 Å². The lowest BCUT2D eigenvalue weighted by atomic mass is 9.91. The summed E-state index contributed by atoms with van der Waals surface area (Å²) in [7, 11) is 0. The molecule has 2 aliphatic rings. The standard InChI is InChI=1S/C13H20N4S/c1-18-13-14-6-5-12(15-13)17-9-7-16(8-10-17)11-3-2-4-11/h5-6,11H,2-4,7-10H2,1H3. The van der Waals surface area contributed by atoms with Crippen LogP contribution in [0.15, 0.2) is 17.4 Å². The van der Waals surface area contributed by atoms with Gasteiger partial charge in [0.05, 0.1) is 0 Å². The molecule has 1 saturated carbocycles. The molecule has 1 aliphatic carbocycles. The molecule has 0 amide bonds. The Morgan fingerprint density at radius 3 is 2.61 bits per heavy atom. The number of thioether (sulfide) groups is 1. The maximum atomic E-state index is 4.58. The molecule has 0 unspecified atom stereocenters. The molecule has 98 valence electrons. The minimum Gasteiger partial charge on any atom is -0.354 e. The normalized spacial score (nSPS) is 21.9. The minimum absolute atomic E-state index is 0.869. The topological polar surface area (TPSA) is 32.3 Å². The summed E-state index contributed by atoms with van der Waals surface area (Å²) in [6.07, 6.45) is 8.13. The molecule has 3 rings (SSSR count). The van der Waals surface area contributed by atoms with Crippen molar-refractivity contribution in [1.29, 1.82) is 0 Å². The van der Waals surface area contributed by atoms with Crippen LogP contribution in [0.25, 0.3) is 0 Å². The Bertz CT molecular complexity index is 400. The Labute approximate surface area is 113 Å². The summed E-state index contributed by atoms with van der Waals surface area (Å²) in [6.45, 7) is 4.56. The molecule has 1 aromatic heterocycles. The van der Waals surface area contributed by atoms with Crippen molar-refractivity contribution in [3.05, 3.63) is 12.3 Å². The van der Waals surface area contributed by atoms with E-state index in [9.17, 15) is 0 Å². The van der Waals surface area contributed by atoms with Crippen molar-refractivity contribution in [3.63, 3.8) is 0 Å². The molecule has 1 aromatic rings. The highest BCUT2D eigenvalue weighted by Gasteiger charge is 2.28. The Hall–Kier alpha value is -0.810. The monoisotopic (exact) mass is 264 g/mol. The third kappa shape index (κ3) is 2.47. The summed E-state index contributed by atoms with van der Waals surface area (Å²) in [4.78, 5) is 13.8. The van der Waals surface area contributed by atoms with Crippen molar-refractivity contribution in [2.45, 2.75) is 30.5 Å². The van der Waals surface area contributed by atoms with Gasteiger partial charge in [0.25, 0.3) is 0 Å². The fourth-order valence-corrected chi connectivity index (χ4v) is 3.03. The Balaban J connectivity index is 1.60. The van der Waals surface area contributed by atoms with Crippen LogP contribution in [0, 0.1) is 0 Å². The first-order chi connectivity index (χ1) is 8.86. The van der Waals surface area contributed by atoms with Gasteiger partial charge >= 0.3 is 0 Å². The Morgan fingerprint density at radius 1 is 1.22 bits per heavy atom. The van der Waals surface area contributed by atoms with Crippen molar-refractivity contribution in [1.82, 2.24) is 14.9 Å². The van der Waals surface area contributed by atoms with Crippen LogP contribution in [0.2, 0.25) is 0 Å². The van der Waals surface area contributed by atoms with Gasteiger partial charge in [-0.3, -0.25) is 4.90 Å². The highest BCUT2D eigenvalue weighted by Crippen LogP contribution is 2.26. The van der Waals surface area contributed by atoms with Crippen molar-refractivity contribution in [2.24, 2.45) is 0 Å². The summed E-state index contributed by atoms with van der Waals surface area (Å²) in [5.41, 5.74) is 0. The molecule has 2 fully saturated rings. The van der Waals surface area contributed by atoms with Crippen molar-refractivity contribution in [2.75, 3.05) is 37.3 Å². The lowest BCUT2D eigenvalue weighted by Crippen LogP contribution is -2.52. The van der Waals surface area contributed by atoms with Crippen LogP contribution in [0.4, 0.5) is 5.82 Å². The number of hydrogen-bond donors (Lipinski definition) is 0. The minimum atomic E-state index is 0.869. The summed E-state index contributed by atoms with van der Waals surface area (Å²) >= 11 is 1.61. The van der Waals surface area contributed by atoms with Crippen molar-refractivity contribution >= 4 is 17.6 Å². The van der Waals surface area contributed by atoms with E-state index >= 15 is 0 Å². The maximum absolute atomic E-state index is 4.58. The lowest BCUT2D eigenvalue weighted by molar-refractivity contribution is 0.120. The van der Waals surface area contributed by atoms with Gasteiger partial charge in [-0.15, -0.1) is 0 Å². The van der Waals surface area contributed by atoms with Crippen LogP contribution in [0.5, 0.6) is 0 Å². The molecule has 0 spiro atoms. The zero-order valence-electron chi connectivity index (χ0n) is 10.9. The van der Waals surface area contributed by atoms with Gasteiger partial charge in [-0.1, -0.05) is 18.2 Å². The van der Waals surface area contributed by atoms with E-state index in [2.05, 4.69) is 19.8 Å². The molecule has 18 heavy (non-hydrogen) atoms. The SMILES string of the molecule is CSc1nccc(N2CCN(C3CCC3)CC2)n1. The predicted octanol–water partition coefficient (Wildman–Crippen LogP) is 1.87. The third-order valence-corrected chi connectivity index (χ3v) is 4.59. The number of anilines is 1. The van der Waals surface area contributed by atoms with Gasteiger partial charge in [0.2, 0.25) is 0 Å². The van der Waals surface area contributed by atoms with Crippen LogP contribution in [-0.4, -0.2) is 53.3 Å². The van der Waals surface area contributed by atoms with Gasteiger partial charge in [-0.25, -0.2) is 9.97 Å². The molecule has 2 heterocycles. The van der Waals surface area contributed by atoms with E-state index in [1.807, 2.05) is 18.5 Å². The zero-order chi connectivity index (χ0) is 12.4. The first-order valence-corrected chi connectivity index (χ1v) is 7.95. The molecule has 0 bridgehead atoms. The second-order valence-corrected chi connectivity index (χ2v) is 5.78. The van der Waals surface area contributed by atoms with Crippen LogP contribution >= 0.6 is 11.8 Å². The maximum Gasteiger partial charge on any atom is 0.189 e. The van der Waals surface area contributed by atoms with Crippen LogP contribution in [0.1, 0.15) is 19.3 Å². The van der Waals surface area contributed by atoms with E-state index in [4.69, 9.17) is 0 Å². The highest BCUT2D eigenvalue weighted by atomic mass is 32.2. The van der Waals surface area contributed by atoms with E-state index in [-0.39, 0.29) is 0 Å². The van der Waals surface area contributed by atoms with E-state index < -0.39 is 0 Å². The largest absolute Gasteiger partial charge is 0.354 e. The molecule has 0 radical (unpaired) electrons. The second kappa shape index (κ2) is 5.45. The summed E-state index contributed by atoms with van der Waals surface area (Å²) in [5, 5.41) is 0.869. The third-order valence-electron chi connectivity index (χ3n) is 4.03. The molecular formula is C13H20N4S. The number of nitrogens with zero attached hydrogens (tertiary/aromatic N) is 4. The molecule has 5 heteroatoms. The molecule has 0 atom stereocenters. The van der Waals surface area contributed by atoms with Gasteiger partial charge in [-0.2, -0.15) is 0 Å². The summed E-state index contributed by atoms with van der Waals surface area (Å²) < 4.78 is 0.